The van der Waals surface area contributed by atoms with E-state index < -0.39 is 9.84 Å². The molecule has 4 nitrogen and oxygen atoms in total. The topological polar surface area (TPSA) is 40.6 Å². The van der Waals surface area contributed by atoms with E-state index in [9.17, 15) is 8.42 Å². The summed E-state index contributed by atoms with van der Waals surface area (Å²) < 4.78 is 23.9. The predicted molar refractivity (Wildman–Crippen MR) is 81.7 cm³/mol. The molecule has 0 N–H and O–H groups in total. The maximum Gasteiger partial charge on any atom is 0.151 e. The normalized spacial score (nSPS) is 39.4. The van der Waals surface area contributed by atoms with Gasteiger partial charge in [-0.2, -0.15) is 0 Å². The molecule has 3 rings (SSSR count). The monoisotopic (exact) mass is 300 g/mol. The molecule has 116 valence electrons. The Balaban J connectivity index is 1.73. The second-order valence-electron chi connectivity index (χ2n) is 6.81. The summed E-state index contributed by atoms with van der Waals surface area (Å²) in [5, 5.41) is 0. The average Bonchev–Trinajstić information content (AvgIpc) is 2.44. The largest absolute Gasteiger partial charge is 0.298 e. The zero-order chi connectivity index (χ0) is 14.2. The molecule has 0 radical (unpaired) electrons. The number of fused-ring (bicyclic) bond motifs is 1. The molecule has 0 amide bonds. The second-order valence-corrected chi connectivity index (χ2v) is 9.04. The summed E-state index contributed by atoms with van der Waals surface area (Å²) >= 11 is 0. The highest BCUT2D eigenvalue weighted by molar-refractivity contribution is 7.91. The van der Waals surface area contributed by atoms with Gasteiger partial charge >= 0.3 is 0 Å². The first kappa shape index (κ1) is 14.8. The highest BCUT2D eigenvalue weighted by Crippen LogP contribution is 2.29. The van der Waals surface area contributed by atoms with Crippen molar-refractivity contribution in [3.63, 3.8) is 0 Å². The van der Waals surface area contributed by atoms with Crippen LogP contribution in [0.15, 0.2) is 0 Å². The SMILES string of the molecule is CCC1CN2CCCCC2CN1C1CCCS(=O)(=O)C1. The van der Waals surface area contributed by atoms with Gasteiger partial charge in [0.1, 0.15) is 0 Å². The van der Waals surface area contributed by atoms with Crippen molar-refractivity contribution in [3.8, 4) is 0 Å². The van der Waals surface area contributed by atoms with E-state index in [0.717, 1.165) is 32.4 Å². The van der Waals surface area contributed by atoms with Crippen molar-refractivity contribution < 1.29 is 8.42 Å². The summed E-state index contributed by atoms with van der Waals surface area (Å²) in [5.41, 5.74) is 0. The lowest BCUT2D eigenvalue weighted by atomic mass is 9.94. The van der Waals surface area contributed by atoms with Crippen LogP contribution in [0.3, 0.4) is 0 Å². The van der Waals surface area contributed by atoms with Gasteiger partial charge in [-0.25, -0.2) is 8.42 Å². The molecule has 0 saturated carbocycles. The molecule has 3 heterocycles. The molecule has 0 aromatic rings. The molecule has 0 aromatic carbocycles. The maximum absolute atomic E-state index is 11.9. The molecule has 3 aliphatic heterocycles. The van der Waals surface area contributed by atoms with Crippen LogP contribution in [0.5, 0.6) is 0 Å². The second kappa shape index (κ2) is 5.93. The van der Waals surface area contributed by atoms with E-state index in [0.29, 0.717) is 23.6 Å². The lowest BCUT2D eigenvalue weighted by Crippen LogP contribution is -2.63. The van der Waals surface area contributed by atoms with E-state index in [-0.39, 0.29) is 6.04 Å². The zero-order valence-corrected chi connectivity index (χ0v) is 13.4. The van der Waals surface area contributed by atoms with E-state index in [2.05, 4.69) is 16.7 Å². The Kier molecular flexibility index (Phi) is 4.39. The smallest absolute Gasteiger partial charge is 0.151 e. The molecule has 3 aliphatic rings. The highest BCUT2D eigenvalue weighted by Gasteiger charge is 2.39. The third-order valence-corrected chi connectivity index (χ3v) is 7.27. The van der Waals surface area contributed by atoms with Gasteiger partial charge in [0.2, 0.25) is 0 Å². The highest BCUT2D eigenvalue weighted by atomic mass is 32.2. The predicted octanol–water partition coefficient (Wildman–Crippen LogP) is 1.51. The van der Waals surface area contributed by atoms with Crippen molar-refractivity contribution >= 4 is 9.84 Å². The summed E-state index contributed by atoms with van der Waals surface area (Å²) in [6, 6.07) is 1.52. The Bertz CT molecular complexity index is 437. The summed E-state index contributed by atoms with van der Waals surface area (Å²) in [6.07, 6.45) is 7.04. The van der Waals surface area contributed by atoms with Crippen molar-refractivity contribution in [3.05, 3.63) is 0 Å². The van der Waals surface area contributed by atoms with Crippen molar-refractivity contribution in [1.82, 2.24) is 9.80 Å². The molecule has 0 bridgehead atoms. The first-order valence-corrected chi connectivity index (χ1v) is 10.1. The van der Waals surface area contributed by atoms with Crippen LogP contribution in [0.4, 0.5) is 0 Å². The number of nitrogens with zero attached hydrogens (tertiary/aromatic N) is 2. The summed E-state index contributed by atoms with van der Waals surface area (Å²) in [7, 11) is -2.80. The molecule has 5 heteroatoms. The minimum atomic E-state index is -2.80. The van der Waals surface area contributed by atoms with Crippen LogP contribution in [0.1, 0.15) is 45.4 Å². The molecular weight excluding hydrogens is 272 g/mol. The van der Waals surface area contributed by atoms with Gasteiger partial charge in [-0.05, 0) is 38.6 Å². The molecule has 3 fully saturated rings. The minimum Gasteiger partial charge on any atom is -0.298 e. The molecule has 0 aromatic heterocycles. The van der Waals surface area contributed by atoms with Gasteiger partial charge in [-0.1, -0.05) is 13.3 Å². The van der Waals surface area contributed by atoms with E-state index in [4.69, 9.17) is 0 Å². The van der Waals surface area contributed by atoms with Crippen LogP contribution < -0.4 is 0 Å². The Hall–Kier alpha value is -0.130. The summed E-state index contributed by atoms with van der Waals surface area (Å²) in [6.45, 7) is 5.74. The molecule has 3 unspecified atom stereocenters. The number of hydrogen-bond donors (Lipinski definition) is 0. The van der Waals surface area contributed by atoms with Gasteiger partial charge in [0.15, 0.2) is 9.84 Å². The number of hydrogen-bond acceptors (Lipinski definition) is 4. The first-order valence-electron chi connectivity index (χ1n) is 8.29. The average molecular weight is 300 g/mol. The molecule has 3 saturated heterocycles. The van der Waals surface area contributed by atoms with Crippen molar-refractivity contribution in [1.29, 1.82) is 0 Å². The van der Waals surface area contributed by atoms with Gasteiger partial charge in [-0.15, -0.1) is 0 Å². The van der Waals surface area contributed by atoms with Gasteiger partial charge in [0.25, 0.3) is 0 Å². The van der Waals surface area contributed by atoms with Crippen LogP contribution in [-0.2, 0) is 9.84 Å². The van der Waals surface area contributed by atoms with Crippen LogP contribution in [0, 0.1) is 0 Å². The Morgan fingerprint density at radius 1 is 1.05 bits per heavy atom. The minimum absolute atomic E-state index is 0.280. The van der Waals surface area contributed by atoms with E-state index in [1.807, 2.05) is 0 Å². The summed E-state index contributed by atoms with van der Waals surface area (Å²) in [5.74, 6) is 0.805. The Labute approximate surface area is 123 Å². The summed E-state index contributed by atoms with van der Waals surface area (Å²) in [4.78, 5) is 5.22. The molecular formula is C15H28N2O2S. The van der Waals surface area contributed by atoms with Crippen LogP contribution in [0.2, 0.25) is 0 Å². The zero-order valence-electron chi connectivity index (χ0n) is 12.6. The Morgan fingerprint density at radius 3 is 2.60 bits per heavy atom. The fourth-order valence-electron chi connectivity index (χ4n) is 4.35. The number of rotatable bonds is 2. The van der Waals surface area contributed by atoms with Crippen LogP contribution in [-0.4, -0.2) is 67.5 Å². The lowest BCUT2D eigenvalue weighted by Gasteiger charge is -2.51. The molecule has 0 aliphatic carbocycles. The van der Waals surface area contributed by atoms with Gasteiger partial charge < -0.3 is 0 Å². The number of sulfone groups is 1. The van der Waals surface area contributed by atoms with Crippen LogP contribution in [0.25, 0.3) is 0 Å². The van der Waals surface area contributed by atoms with Crippen molar-refractivity contribution in [2.24, 2.45) is 0 Å². The molecule has 3 atom stereocenters. The van der Waals surface area contributed by atoms with E-state index >= 15 is 0 Å². The number of piperidine rings is 1. The maximum atomic E-state index is 11.9. The van der Waals surface area contributed by atoms with E-state index in [1.54, 1.807) is 0 Å². The quantitative estimate of drug-likeness (QED) is 0.775. The van der Waals surface area contributed by atoms with Crippen molar-refractivity contribution in [2.75, 3.05) is 31.1 Å². The third-order valence-electron chi connectivity index (χ3n) is 5.46. The Morgan fingerprint density at radius 2 is 1.85 bits per heavy atom. The fourth-order valence-corrected chi connectivity index (χ4v) is 6.06. The standard InChI is InChI=1S/C15H28N2O2S/c1-2-13-10-16-8-4-3-6-14(16)11-17(13)15-7-5-9-20(18,19)12-15/h13-15H,2-12H2,1H3. The first-order chi connectivity index (χ1) is 9.59. The van der Waals surface area contributed by atoms with Crippen molar-refractivity contribution in [2.45, 2.75) is 63.6 Å². The van der Waals surface area contributed by atoms with Crippen LogP contribution >= 0.6 is 0 Å². The lowest BCUT2D eigenvalue weighted by molar-refractivity contribution is -0.0133. The van der Waals surface area contributed by atoms with E-state index in [1.165, 1.54) is 25.8 Å². The third kappa shape index (κ3) is 3.04. The van der Waals surface area contributed by atoms with Gasteiger partial charge in [0, 0.05) is 31.2 Å². The molecule has 20 heavy (non-hydrogen) atoms. The van der Waals surface area contributed by atoms with Gasteiger partial charge in [-0.3, -0.25) is 9.80 Å². The molecule has 0 spiro atoms. The fraction of sp³-hybridized carbons (Fsp3) is 1.00. The number of piperazine rings is 1. The van der Waals surface area contributed by atoms with Gasteiger partial charge in [0.05, 0.1) is 11.5 Å².